The Morgan fingerprint density at radius 1 is 0.920 bits per heavy atom. The van der Waals surface area contributed by atoms with Gasteiger partial charge in [-0.25, -0.2) is 4.79 Å². The highest BCUT2D eigenvalue weighted by Crippen LogP contribution is 2.20. The molecule has 0 spiro atoms. The molecule has 124 valence electrons. The van der Waals surface area contributed by atoms with Crippen molar-refractivity contribution in [2.75, 3.05) is 13.2 Å². The molecular weight excluding hydrogens is 316 g/mol. The molecule has 0 saturated carbocycles. The largest absolute Gasteiger partial charge is 0.490 e. The van der Waals surface area contributed by atoms with Crippen LogP contribution in [-0.4, -0.2) is 29.4 Å². The maximum atomic E-state index is 12.1. The number of hydrogen-bond donors (Lipinski definition) is 1. The minimum absolute atomic E-state index is 0.187. The highest BCUT2D eigenvalue weighted by molar-refractivity contribution is 5.94. The molecular formula is C20H16N2O3. The van der Waals surface area contributed by atoms with Crippen molar-refractivity contribution in [1.82, 2.24) is 10.2 Å². The van der Waals surface area contributed by atoms with Crippen LogP contribution < -0.4 is 4.74 Å². The number of ether oxygens (including phenoxy) is 2. The number of esters is 1. The topological polar surface area (TPSA) is 64.2 Å². The van der Waals surface area contributed by atoms with Gasteiger partial charge in [-0.15, -0.1) is 0 Å². The summed E-state index contributed by atoms with van der Waals surface area (Å²) in [7, 11) is 0. The quantitative estimate of drug-likeness (QED) is 0.444. The Bertz CT molecular complexity index is 1040. The van der Waals surface area contributed by atoms with E-state index in [9.17, 15) is 4.79 Å². The van der Waals surface area contributed by atoms with E-state index in [1.165, 1.54) is 0 Å². The molecule has 0 aliphatic rings. The fourth-order valence-electron chi connectivity index (χ4n) is 2.70. The first-order valence-electron chi connectivity index (χ1n) is 8.01. The van der Waals surface area contributed by atoms with Gasteiger partial charge in [-0.1, -0.05) is 36.4 Å². The number of aromatic amines is 1. The maximum Gasteiger partial charge on any atom is 0.338 e. The molecule has 0 saturated heterocycles. The molecule has 5 heteroatoms. The molecule has 0 bridgehead atoms. The first kappa shape index (κ1) is 15.2. The summed E-state index contributed by atoms with van der Waals surface area (Å²) in [5, 5.41) is 10.0. The van der Waals surface area contributed by atoms with Crippen LogP contribution in [0.2, 0.25) is 0 Å². The van der Waals surface area contributed by atoms with Crippen LogP contribution in [0.3, 0.4) is 0 Å². The Morgan fingerprint density at radius 2 is 1.76 bits per heavy atom. The zero-order chi connectivity index (χ0) is 17.1. The fraction of sp³-hybridized carbons (Fsp3) is 0.100. The minimum atomic E-state index is -0.376. The highest BCUT2D eigenvalue weighted by Gasteiger charge is 2.08. The third-order valence-corrected chi connectivity index (χ3v) is 3.98. The number of carbonyl (C=O) groups is 1. The van der Waals surface area contributed by atoms with Crippen molar-refractivity contribution in [2.45, 2.75) is 0 Å². The van der Waals surface area contributed by atoms with E-state index < -0.39 is 0 Å². The van der Waals surface area contributed by atoms with Gasteiger partial charge in [0.1, 0.15) is 19.0 Å². The van der Waals surface area contributed by atoms with E-state index in [1.807, 2.05) is 42.5 Å². The van der Waals surface area contributed by atoms with Crippen LogP contribution in [-0.2, 0) is 4.74 Å². The first-order chi connectivity index (χ1) is 12.3. The molecule has 0 atom stereocenters. The summed E-state index contributed by atoms with van der Waals surface area (Å²) < 4.78 is 10.9. The predicted molar refractivity (Wildman–Crippen MR) is 95.8 cm³/mol. The number of aromatic nitrogens is 2. The zero-order valence-corrected chi connectivity index (χ0v) is 13.4. The van der Waals surface area contributed by atoms with E-state index in [1.54, 1.807) is 18.3 Å². The molecule has 5 nitrogen and oxygen atoms in total. The Labute approximate surface area is 144 Å². The van der Waals surface area contributed by atoms with Gasteiger partial charge in [0.2, 0.25) is 0 Å². The van der Waals surface area contributed by atoms with Gasteiger partial charge in [0.05, 0.1) is 17.3 Å². The van der Waals surface area contributed by atoms with Crippen molar-refractivity contribution < 1.29 is 14.3 Å². The van der Waals surface area contributed by atoms with E-state index in [4.69, 9.17) is 9.47 Å². The molecule has 25 heavy (non-hydrogen) atoms. The molecule has 0 radical (unpaired) electrons. The van der Waals surface area contributed by atoms with Crippen molar-refractivity contribution in [1.29, 1.82) is 0 Å². The van der Waals surface area contributed by atoms with Crippen LogP contribution in [0, 0.1) is 0 Å². The smallest absolute Gasteiger partial charge is 0.338 e. The predicted octanol–water partition coefficient (Wildman–Crippen LogP) is 3.95. The lowest BCUT2D eigenvalue weighted by Crippen LogP contribution is -2.12. The summed E-state index contributed by atoms with van der Waals surface area (Å²) in [5.74, 6) is 0.382. The van der Waals surface area contributed by atoms with Crippen molar-refractivity contribution in [2.24, 2.45) is 0 Å². The van der Waals surface area contributed by atoms with Gasteiger partial charge in [-0.3, -0.25) is 5.10 Å². The second kappa shape index (κ2) is 6.65. The standard InChI is InChI=1S/C20H16N2O3/c23-20(16-5-6-17-13-21-22-19(17)12-16)25-10-9-24-18-8-7-14-3-1-2-4-15(14)11-18/h1-8,11-13H,9-10H2,(H,21,22). The van der Waals surface area contributed by atoms with Gasteiger partial charge in [0.25, 0.3) is 0 Å². The molecule has 0 aliphatic carbocycles. The third kappa shape index (κ3) is 3.30. The van der Waals surface area contributed by atoms with Crippen molar-refractivity contribution >= 4 is 27.6 Å². The molecule has 1 aromatic heterocycles. The van der Waals surface area contributed by atoms with Crippen LogP contribution in [0.15, 0.2) is 66.9 Å². The molecule has 3 aromatic carbocycles. The van der Waals surface area contributed by atoms with Crippen LogP contribution in [0.25, 0.3) is 21.7 Å². The average molecular weight is 332 g/mol. The monoisotopic (exact) mass is 332 g/mol. The number of nitrogens with zero attached hydrogens (tertiary/aromatic N) is 1. The van der Waals surface area contributed by atoms with E-state index in [-0.39, 0.29) is 12.6 Å². The molecule has 1 N–H and O–H groups in total. The molecule has 0 amide bonds. The number of fused-ring (bicyclic) bond motifs is 2. The number of nitrogens with one attached hydrogen (secondary N) is 1. The second-order valence-electron chi connectivity index (χ2n) is 5.67. The van der Waals surface area contributed by atoms with Gasteiger partial charge in [0.15, 0.2) is 0 Å². The summed E-state index contributed by atoms with van der Waals surface area (Å²) >= 11 is 0. The molecule has 0 aliphatic heterocycles. The Balaban J connectivity index is 1.32. The SMILES string of the molecule is O=C(OCCOc1ccc2ccccc2c1)c1ccc2cn[nH]c2c1. The van der Waals surface area contributed by atoms with Crippen molar-refractivity contribution in [3.05, 3.63) is 72.4 Å². The Kier molecular flexibility index (Phi) is 4.04. The van der Waals surface area contributed by atoms with Crippen molar-refractivity contribution in [3.8, 4) is 5.75 Å². The lowest BCUT2D eigenvalue weighted by atomic mass is 10.1. The number of hydrogen-bond acceptors (Lipinski definition) is 4. The zero-order valence-electron chi connectivity index (χ0n) is 13.4. The summed E-state index contributed by atoms with van der Waals surface area (Å²) in [6.07, 6.45) is 1.71. The maximum absolute atomic E-state index is 12.1. The van der Waals surface area contributed by atoms with Gasteiger partial charge >= 0.3 is 5.97 Å². The van der Waals surface area contributed by atoms with E-state index >= 15 is 0 Å². The summed E-state index contributed by atoms with van der Waals surface area (Å²) in [6.45, 7) is 0.489. The molecule has 0 fully saturated rings. The average Bonchev–Trinajstić information content (AvgIpc) is 3.12. The van der Waals surface area contributed by atoms with Crippen LogP contribution in [0.1, 0.15) is 10.4 Å². The normalized spacial score (nSPS) is 10.9. The number of rotatable bonds is 5. The third-order valence-electron chi connectivity index (χ3n) is 3.98. The van der Waals surface area contributed by atoms with E-state index in [2.05, 4.69) is 16.3 Å². The highest BCUT2D eigenvalue weighted by atomic mass is 16.6. The Morgan fingerprint density at radius 3 is 2.68 bits per heavy atom. The van der Waals surface area contributed by atoms with Crippen LogP contribution in [0.4, 0.5) is 0 Å². The molecule has 1 heterocycles. The minimum Gasteiger partial charge on any atom is -0.490 e. The number of carbonyl (C=O) groups excluding carboxylic acids is 1. The first-order valence-corrected chi connectivity index (χ1v) is 8.01. The summed E-state index contributed by atoms with van der Waals surface area (Å²) in [6, 6.07) is 19.3. The summed E-state index contributed by atoms with van der Waals surface area (Å²) in [4.78, 5) is 12.1. The number of H-pyrrole nitrogens is 1. The number of benzene rings is 3. The van der Waals surface area contributed by atoms with Gasteiger partial charge < -0.3 is 9.47 Å². The molecule has 0 unspecified atom stereocenters. The molecule has 4 rings (SSSR count). The molecule has 4 aromatic rings. The van der Waals surface area contributed by atoms with Gasteiger partial charge in [-0.2, -0.15) is 5.10 Å². The van der Waals surface area contributed by atoms with E-state index in [0.717, 1.165) is 27.4 Å². The van der Waals surface area contributed by atoms with Crippen LogP contribution >= 0.6 is 0 Å². The summed E-state index contributed by atoms with van der Waals surface area (Å²) in [5.41, 5.74) is 1.30. The lowest BCUT2D eigenvalue weighted by molar-refractivity contribution is 0.0450. The van der Waals surface area contributed by atoms with Gasteiger partial charge in [0, 0.05) is 5.39 Å². The van der Waals surface area contributed by atoms with Gasteiger partial charge in [-0.05, 0) is 35.0 Å². The second-order valence-corrected chi connectivity index (χ2v) is 5.67. The van der Waals surface area contributed by atoms with E-state index in [0.29, 0.717) is 12.2 Å². The fourth-order valence-corrected chi connectivity index (χ4v) is 2.70. The Hall–Kier alpha value is -3.34. The van der Waals surface area contributed by atoms with Crippen LogP contribution in [0.5, 0.6) is 5.75 Å². The lowest BCUT2D eigenvalue weighted by Gasteiger charge is -2.08. The van der Waals surface area contributed by atoms with Crippen molar-refractivity contribution in [3.63, 3.8) is 0 Å².